The van der Waals surface area contributed by atoms with Gasteiger partial charge in [0, 0.05) is 22.7 Å². The van der Waals surface area contributed by atoms with E-state index in [1.165, 1.54) is 29.0 Å². The van der Waals surface area contributed by atoms with E-state index in [0.29, 0.717) is 0 Å². The standard InChI is InChI=1S/C17H22N2OS2/c1-12-19-15(11-21-12)16-8-7-14(22-16)9-10-18-17(20)13-5-3-2-4-6-13/h7-8,11,13H,2-6,9-10H2,1H3,(H,18,20). The Kier molecular flexibility index (Phi) is 5.26. The summed E-state index contributed by atoms with van der Waals surface area (Å²) in [5.41, 5.74) is 1.07. The number of thiophene rings is 1. The Labute approximate surface area is 139 Å². The van der Waals surface area contributed by atoms with Crippen LogP contribution in [-0.4, -0.2) is 17.4 Å². The summed E-state index contributed by atoms with van der Waals surface area (Å²) in [7, 11) is 0. The molecule has 1 aliphatic rings. The van der Waals surface area contributed by atoms with Crippen LogP contribution in [0, 0.1) is 12.8 Å². The minimum Gasteiger partial charge on any atom is -0.356 e. The first-order chi connectivity index (χ1) is 10.7. The van der Waals surface area contributed by atoms with Gasteiger partial charge in [-0.1, -0.05) is 19.3 Å². The molecule has 1 saturated carbocycles. The number of nitrogens with one attached hydrogen (secondary N) is 1. The van der Waals surface area contributed by atoms with Crippen molar-refractivity contribution in [3.63, 3.8) is 0 Å². The summed E-state index contributed by atoms with van der Waals surface area (Å²) in [6.45, 7) is 2.77. The molecule has 2 heterocycles. The second-order valence-electron chi connectivity index (χ2n) is 5.89. The monoisotopic (exact) mass is 334 g/mol. The van der Waals surface area contributed by atoms with Crippen LogP contribution < -0.4 is 5.32 Å². The molecule has 3 nitrogen and oxygen atoms in total. The lowest BCUT2D eigenvalue weighted by atomic mass is 9.89. The van der Waals surface area contributed by atoms with Crippen LogP contribution >= 0.6 is 22.7 Å². The van der Waals surface area contributed by atoms with E-state index >= 15 is 0 Å². The number of nitrogens with zero attached hydrogens (tertiary/aromatic N) is 1. The van der Waals surface area contributed by atoms with Crippen LogP contribution in [0.25, 0.3) is 10.6 Å². The highest BCUT2D eigenvalue weighted by molar-refractivity contribution is 7.16. The van der Waals surface area contributed by atoms with Crippen molar-refractivity contribution < 1.29 is 4.79 Å². The Morgan fingerprint density at radius 2 is 2.14 bits per heavy atom. The molecule has 3 rings (SSSR count). The Bertz CT molecular complexity index is 626. The SMILES string of the molecule is Cc1nc(-c2ccc(CCNC(=O)C3CCCCC3)s2)cs1. The van der Waals surface area contributed by atoms with E-state index in [1.807, 2.05) is 6.92 Å². The average molecular weight is 335 g/mol. The van der Waals surface area contributed by atoms with Crippen molar-refractivity contribution >= 4 is 28.6 Å². The van der Waals surface area contributed by atoms with E-state index < -0.39 is 0 Å². The van der Waals surface area contributed by atoms with E-state index in [-0.39, 0.29) is 11.8 Å². The van der Waals surface area contributed by atoms with Gasteiger partial charge in [-0.2, -0.15) is 0 Å². The van der Waals surface area contributed by atoms with Crippen molar-refractivity contribution in [1.29, 1.82) is 0 Å². The number of thiazole rings is 1. The second-order valence-corrected chi connectivity index (χ2v) is 8.12. The number of hydrogen-bond donors (Lipinski definition) is 1. The lowest BCUT2D eigenvalue weighted by Crippen LogP contribution is -2.33. The van der Waals surface area contributed by atoms with Gasteiger partial charge in [-0.25, -0.2) is 4.98 Å². The number of carbonyl (C=O) groups is 1. The van der Waals surface area contributed by atoms with Gasteiger partial charge in [0.25, 0.3) is 0 Å². The molecule has 118 valence electrons. The maximum absolute atomic E-state index is 12.1. The zero-order chi connectivity index (χ0) is 15.4. The third-order valence-electron chi connectivity index (χ3n) is 4.18. The molecule has 0 radical (unpaired) electrons. The first-order valence-electron chi connectivity index (χ1n) is 8.01. The van der Waals surface area contributed by atoms with Crippen LogP contribution in [0.15, 0.2) is 17.5 Å². The van der Waals surface area contributed by atoms with Gasteiger partial charge in [0.05, 0.1) is 15.6 Å². The van der Waals surface area contributed by atoms with E-state index in [1.54, 1.807) is 22.7 Å². The molecule has 0 aliphatic heterocycles. The summed E-state index contributed by atoms with van der Waals surface area (Å²) < 4.78 is 0. The Balaban J connectivity index is 1.47. The summed E-state index contributed by atoms with van der Waals surface area (Å²) in [5.74, 6) is 0.511. The molecular weight excluding hydrogens is 312 g/mol. The Morgan fingerprint density at radius 3 is 2.86 bits per heavy atom. The zero-order valence-electron chi connectivity index (χ0n) is 12.9. The normalized spacial score (nSPS) is 15.9. The first kappa shape index (κ1) is 15.7. The zero-order valence-corrected chi connectivity index (χ0v) is 14.6. The summed E-state index contributed by atoms with van der Waals surface area (Å²) in [5, 5.41) is 6.32. The minimum absolute atomic E-state index is 0.255. The maximum Gasteiger partial charge on any atom is 0.223 e. The highest BCUT2D eigenvalue weighted by Gasteiger charge is 2.20. The van der Waals surface area contributed by atoms with Gasteiger partial charge in [-0.15, -0.1) is 22.7 Å². The topological polar surface area (TPSA) is 42.0 Å². The van der Waals surface area contributed by atoms with E-state index in [4.69, 9.17) is 0 Å². The van der Waals surface area contributed by atoms with Crippen LogP contribution in [0.3, 0.4) is 0 Å². The largest absolute Gasteiger partial charge is 0.356 e. The van der Waals surface area contributed by atoms with Gasteiger partial charge in [-0.3, -0.25) is 4.79 Å². The number of amides is 1. The van der Waals surface area contributed by atoms with Crippen LogP contribution in [0.1, 0.15) is 42.0 Å². The Morgan fingerprint density at radius 1 is 1.32 bits per heavy atom. The summed E-state index contributed by atoms with van der Waals surface area (Å²) >= 11 is 3.46. The first-order valence-corrected chi connectivity index (χ1v) is 9.71. The molecule has 0 bridgehead atoms. The highest BCUT2D eigenvalue weighted by Crippen LogP contribution is 2.29. The molecule has 1 fully saturated rings. The molecule has 2 aromatic rings. The van der Waals surface area contributed by atoms with Crippen molar-refractivity contribution in [2.45, 2.75) is 45.4 Å². The molecule has 22 heavy (non-hydrogen) atoms. The van der Waals surface area contributed by atoms with E-state index in [9.17, 15) is 4.79 Å². The number of carbonyl (C=O) groups excluding carboxylic acids is 1. The third kappa shape index (κ3) is 3.96. The van der Waals surface area contributed by atoms with Gasteiger partial charge in [0.2, 0.25) is 5.91 Å². The molecule has 1 aliphatic carbocycles. The fourth-order valence-electron chi connectivity index (χ4n) is 2.94. The van der Waals surface area contributed by atoms with Crippen LogP contribution in [0.4, 0.5) is 0 Å². The molecule has 0 unspecified atom stereocenters. The maximum atomic E-state index is 12.1. The lowest BCUT2D eigenvalue weighted by Gasteiger charge is -2.20. The molecular formula is C17H22N2OS2. The minimum atomic E-state index is 0.255. The molecule has 0 aromatic carbocycles. The summed E-state index contributed by atoms with van der Waals surface area (Å²) in [6.07, 6.45) is 6.75. The second kappa shape index (κ2) is 7.38. The number of aryl methyl sites for hydroxylation is 1. The van der Waals surface area contributed by atoms with Crippen molar-refractivity contribution in [1.82, 2.24) is 10.3 Å². The predicted octanol–water partition coefficient (Wildman–Crippen LogP) is 4.42. The molecule has 0 spiro atoms. The van der Waals surface area contributed by atoms with Crippen LogP contribution in [0.5, 0.6) is 0 Å². The molecule has 1 amide bonds. The Hall–Kier alpha value is -1.20. The quantitative estimate of drug-likeness (QED) is 0.879. The van der Waals surface area contributed by atoms with Gasteiger partial charge in [-0.05, 0) is 38.3 Å². The molecule has 2 aromatic heterocycles. The number of aromatic nitrogens is 1. The van der Waals surface area contributed by atoms with Gasteiger partial charge in [0.1, 0.15) is 0 Å². The molecule has 0 saturated heterocycles. The van der Waals surface area contributed by atoms with Crippen molar-refractivity contribution in [3.05, 3.63) is 27.4 Å². The number of hydrogen-bond acceptors (Lipinski definition) is 4. The highest BCUT2D eigenvalue weighted by atomic mass is 32.1. The van der Waals surface area contributed by atoms with Crippen LogP contribution in [0.2, 0.25) is 0 Å². The smallest absolute Gasteiger partial charge is 0.223 e. The van der Waals surface area contributed by atoms with E-state index in [0.717, 1.165) is 36.5 Å². The molecule has 1 N–H and O–H groups in total. The van der Waals surface area contributed by atoms with E-state index in [2.05, 4.69) is 27.8 Å². The predicted molar refractivity (Wildman–Crippen MR) is 93.5 cm³/mol. The fraction of sp³-hybridized carbons (Fsp3) is 0.529. The number of rotatable bonds is 5. The molecule has 5 heteroatoms. The lowest BCUT2D eigenvalue weighted by molar-refractivity contribution is -0.125. The average Bonchev–Trinajstić information content (AvgIpc) is 3.17. The fourth-order valence-corrected chi connectivity index (χ4v) is 4.60. The van der Waals surface area contributed by atoms with Gasteiger partial charge < -0.3 is 5.32 Å². The van der Waals surface area contributed by atoms with Crippen molar-refractivity contribution in [2.24, 2.45) is 5.92 Å². The summed E-state index contributed by atoms with van der Waals surface area (Å²) in [6, 6.07) is 4.29. The van der Waals surface area contributed by atoms with Gasteiger partial charge in [0.15, 0.2) is 0 Å². The van der Waals surface area contributed by atoms with Crippen molar-refractivity contribution in [3.8, 4) is 10.6 Å². The third-order valence-corrected chi connectivity index (χ3v) is 6.12. The van der Waals surface area contributed by atoms with Gasteiger partial charge >= 0.3 is 0 Å². The van der Waals surface area contributed by atoms with Crippen molar-refractivity contribution in [2.75, 3.05) is 6.54 Å². The summed E-state index contributed by atoms with van der Waals surface area (Å²) in [4.78, 5) is 19.2. The molecule has 0 atom stereocenters. The van der Waals surface area contributed by atoms with Crippen LogP contribution in [-0.2, 0) is 11.2 Å².